The summed E-state index contributed by atoms with van der Waals surface area (Å²) in [5.41, 5.74) is 4.08. The molecule has 5 nitrogen and oxygen atoms in total. The average Bonchev–Trinajstić information content (AvgIpc) is 2.96. The molecule has 0 aliphatic heterocycles. The molecule has 4 aromatic rings. The Morgan fingerprint density at radius 3 is 2.69 bits per heavy atom. The highest BCUT2D eigenvalue weighted by Crippen LogP contribution is 2.33. The minimum Gasteiger partial charge on any atom is -0.511 e. The monoisotopic (exact) mass is 344 g/mol. The normalized spacial score (nSPS) is 11.9. The number of aryl methyl sites for hydroxylation is 1. The Kier molecular flexibility index (Phi) is 3.75. The van der Waals surface area contributed by atoms with Gasteiger partial charge < -0.3 is 4.74 Å². The van der Waals surface area contributed by atoms with E-state index in [4.69, 9.17) is 4.74 Å². The molecule has 126 valence electrons. The molecule has 0 bridgehead atoms. The standard InChI is InChI=1S/C17H16B3FN4O/c1-9-6-23-16-12(7-24-25(16)8-9)10-2-3-22-14-5-13(21)15(4-11(10)14)26-17(18,19)20/h2-8H,18-20H2,1H3. The maximum atomic E-state index is 14.4. The SMILES string of the molecule is BC(B)(B)Oc1cc2c(-c3cnn4cc(C)cnc34)ccnc2cc1F. The molecule has 0 fully saturated rings. The van der Waals surface area contributed by atoms with Crippen molar-refractivity contribution in [1.29, 1.82) is 0 Å². The number of nitrogens with zero attached hydrogens (tertiary/aromatic N) is 4. The molecule has 0 saturated carbocycles. The molecule has 26 heavy (non-hydrogen) atoms. The summed E-state index contributed by atoms with van der Waals surface area (Å²) >= 11 is 0. The Balaban J connectivity index is 1.95. The van der Waals surface area contributed by atoms with Crippen molar-refractivity contribution < 1.29 is 9.13 Å². The second-order valence-electron chi connectivity index (χ2n) is 7.33. The van der Waals surface area contributed by atoms with Gasteiger partial charge >= 0.3 is 0 Å². The van der Waals surface area contributed by atoms with Crippen molar-refractivity contribution in [2.45, 2.75) is 12.2 Å². The number of halogens is 1. The van der Waals surface area contributed by atoms with Crippen molar-refractivity contribution in [3.63, 3.8) is 0 Å². The predicted molar refractivity (Wildman–Crippen MR) is 107 cm³/mol. The predicted octanol–water partition coefficient (Wildman–Crippen LogP) is 0.281. The van der Waals surface area contributed by atoms with Crippen LogP contribution in [0.25, 0.3) is 27.7 Å². The molecule has 0 N–H and O–H groups in total. The summed E-state index contributed by atoms with van der Waals surface area (Å²) < 4.78 is 21.9. The van der Waals surface area contributed by atoms with Crippen LogP contribution in [0, 0.1) is 12.7 Å². The van der Waals surface area contributed by atoms with Crippen LogP contribution in [0.1, 0.15) is 5.56 Å². The second-order valence-corrected chi connectivity index (χ2v) is 7.33. The van der Waals surface area contributed by atoms with E-state index in [1.54, 1.807) is 29.2 Å². The van der Waals surface area contributed by atoms with Crippen LogP contribution >= 0.6 is 0 Å². The van der Waals surface area contributed by atoms with Crippen LogP contribution in [0.3, 0.4) is 0 Å². The molecule has 0 radical (unpaired) electrons. The van der Waals surface area contributed by atoms with Crippen molar-refractivity contribution >= 4 is 40.1 Å². The molecule has 1 aromatic carbocycles. The fourth-order valence-electron chi connectivity index (χ4n) is 2.95. The molecular weight excluding hydrogens is 328 g/mol. The minimum atomic E-state index is -0.500. The van der Waals surface area contributed by atoms with Gasteiger partial charge in [-0.25, -0.2) is 13.9 Å². The molecule has 4 rings (SSSR count). The van der Waals surface area contributed by atoms with Crippen molar-refractivity contribution in [3.8, 4) is 16.9 Å². The fourth-order valence-corrected chi connectivity index (χ4v) is 2.95. The van der Waals surface area contributed by atoms with Gasteiger partial charge in [-0.3, -0.25) is 4.98 Å². The van der Waals surface area contributed by atoms with Crippen LogP contribution in [0.15, 0.2) is 43.0 Å². The Hall–Kier alpha value is -2.83. The molecule has 0 unspecified atom stereocenters. The Bertz CT molecular complexity index is 1140. The van der Waals surface area contributed by atoms with E-state index < -0.39 is 11.1 Å². The van der Waals surface area contributed by atoms with E-state index in [1.807, 2.05) is 42.7 Å². The van der Waals surface area contributed by atoms with E-state index in [0.717, 1.165) is 27.7 Å². The topological polar surface area (TPSA) is 52.3 Å². The Morgan fingerprint density at radius 1 is 1.12 bits per heavy atom. The van der Waals surface area contributed by atoms with Gasteiger partial charge in [0.1, 0.15) is 23.5 Å². The second kappa shape index (κ2) is 5.86. The lowest BCUT2D eigenvalue weighted by Gasteiger charge is -2.22. The highest BCUT2D eigenvalue weighted by Gasteiger charge is 2.18. The van der Waals surface area contributed by atoms with E-state index in [-0.39, 0.29) is 5.75 Å². The van der Waals surface area contributed by atoms with Gasteiger partial charge in [0.25, 0.3) is 0 Å². The first-order valence-corrected chi connectivity index (χ1v) is 8.39. The summed E-state index contributed by atoms with van der Waals surface area (Å²) in [7, 11) is 5.66. The van der Waals surface area contributed by atoms with E-state index in [0.29, 0.717) is 5.52 Å². The molecule has 9 heteroatoms. The summed E-state index contributed by atoms with van der Waals surface area (Å²) in [6.07, 6.45) is 7.16. The molecule has 0 spiro atoms. The Labute approximate surface area is 152 Å². The first kappa shape index (κ1) is 16.6. The quantitative estimate of drug-likeness (QED) is 0.501. The largest absolute Gasteiger partial charge is 0.511 e. The van der Waals surface area contributed by atoms with Gasteiger partial charge in [-0.05, 0) is 30.2 Å². The zero-order valence-electron chi connectivity index (χ0n) is 15.1. The van der Waals surface area contributed by atoms with Crippen LogP contribution in [0.2, 0.25) is 0 Å². The van der Waals surface area contributed by atoms with E-state index in [1.165, 1.54) is 6.07 Å². The summed E-state index contributed by atoms with van der Waals surface area (Å²) in [4.78, 5) is 8.80. The van der Waals surface area contributed by atoms with Crippen molar-refractivity contribution in [1.82, 2.24) is 19.6 Å². The first-order chi connectivity index (χ1) is 12.3. The first-order valence-electron chi connectivity index (χ1n) is 8.39. The average molecular weight is 344 g/mol. The molecule has 0 aliphatic carbocycles. The molecule has 3 heterocycles. The molecule has 3 aromatic heterocycles. The lowest BCUT2D eigenvalue weighted by Crippen LogP contribution is -2.37. The highest BCUT2D eigenvalue weighted by atomic mass is 19.1. The van der Waals surface area contributed by atoms with E-state index in [2.05, 4.69) is 15.1 Å². The van der Waals surface area contributed by atoms with Crippen LogP contribution in [0.5, 0.6) is 5.75 Å². The summed E-state index contributed by atoms with van der Waals surface area (Å²) in [5.74, 6) is -0.217. The summed E-state index contributed by atoms with van der Waals surface area (Å²) in [6.45, 7) is 1.97. The lowest BCUT2D eigenvalue weighted by molar-refractivity contribution is 0.302. The molecule has 0 saturated heterocycles. The maximum absolute atomic E-state index is 14.4. The van der Waals surface area contributed by atoms with Gasteiger partial charge in [-0.1, -0.05) is 0 Å². The number of hydrogen-bond donors (Lipinski definition) is 0. The van der Waals surface area contributed by atoms with Gasteiger partial charge in [-0.15, -0.1) is 0 Å². The van der Waals surface area contributed by atoms with Crippen molar-refractivity contribution in [2.24, 2.45) is 0 Å². The van der Waals surface area contributed by atoms with E-state index in [9.17, 15) is 4.39 Å². The van der Waals surface area contributed by atoms with Crippen LogP contribution in [0.4, 0.5) is 4.39 Å². The number of ether oxygens (including phenoxy) is 1. The van der Waals surface area contributed by atoms with Gasteiger partial charge in [0.15, 0.2) is 17.2 Å². The number of benzene rings is 1. The smallest absolute Gasteiger partial charge is 0.167 e. The molecule has 0 atom stereocenters. The molecule has 0 amide bonds. The minimum absolute atomic E-state index is 0.208. The van der Waals surface area contributed by atoms with E-state index >= 15 is 0 Å². The van der Waals surface area contributed by atoms with Gasteiger partial charge in [0.05, 0.1) is 11.7 Å². The zero-order valence-corrected chi connectivity index (χ0v) is 15.1. The molecule has 0 aliphatic rings. The number of aromatic nitrogens is 4. The maximum Gasteiger partial charge on any atom is 0.167 e. The Morgan fingerprint density at radius 2 is 1.92 bits per heavy atom. The number of rotatable bonds is 3. The van der Waals surface area contributed by atoms with Gasteiger partial charge in [0, 0.05) is 40.9 Å². The summed E-state index contributed by atoms with van der Waals surface area (Å²) in [5, 5.41) is 4.69. The van der Waals surface area contributed by atoms with Crippen LogP contribution in [-0.4, -0.2) is 48.4 Å². The van der Waals surface area contributed by atoms with Gasteiger partial charge in [0.2, 0.25) is 0 Å². The fraction of sp³-hybridized carbons (Fsp3) is 0.118. The third kappa shape index (κ3) is 2.94. The van der Waals surface area contributed by atoms with Crippen molar-refractivity contribution in [3.05, 3.63) is 54.4 Å². The van der Waals surface area contributed by atoms with Crippen LogP contribution < -0.4 is 4.74 Å². The number of fused-ring (bicyclic) bond motifs is 2. The number of pyridine rings is 1. The number of hydrogen-bond acceptors (Lipinski definition) is 4. The lowest BCUT2D eigenvalue weighted by atomic mass is 9.52. The van der Waals surface area contributed by atoms with Crippen molar-refractivity contribution in [2.75, 3.05) is 0 Å². The van der Waals surface area contributed by atoms with Gasteiger partial charge in [-0.2, -0.15) is 5.10 Å². The third-order valence-corrected chi connectivity index (χ3v) is 3.99. The third-order valence-electron chi connectivity index (χ3n) is 3.99. The molecular formula is C17H16B3FN4O. The zero-order chi connectivity index (χ0) is 18.5. The van der Waals surface area contributed by atoms with Crippen LogP contribution in [-0.2, 0) is 0 Å². The summed E-state index contributed by atoms with van der Waals surface area (Å²) in [6, 6.07) is 5.00. The highest BCUT2D eigenvalue weighted by molar-refractivity contribution is 6.58.